The molecule has 2 aliphatic heterocycles. The van der Waals surface area contributed by atoms with Crippen LogP contribution >= 0.6 is 31.9 Å². The Bertz CT molecular complexity index is 1170. The molecule has 0 aliphatic carbocycles. The van der Waals surface area contributed by atoms with Gasteiger partial charge >= 0.3 is 0 Å². The van der Waals surface area contributed by atoms with Crippen LogP contribution in [-0.2, 0) is 14.4 Å². The topological polar surface area (TPSA) is 70.1 Å². The van der Waals surface area contributed by atoms with Gasteiger partial charge in [0.15, 0.2) is 6.10 Å². The Hall–Kier alpha value is -2.68. The minimum absolute atomic E-state index is 0.0284. The standard InChI is InChI=1S/C23H16Br2N2O4/c24-13-6-9-15(10-7-13)26-22(29)19-20(17-12-14(25)8-11-18(17)28)27(31-21(19)23(26)30)16-4-2-1-3-5-16/h1-12,19-21,28H. The molecule has 1 N–H and O–H groups in total. The summed E-state index contributed by atoms with van der Waals surface area (Å²) in [6, 6.07) is 20.6. The quantitative estimate of drug-likeness (QED) is 0.472. The number of phenols is 1. The number of nitrogens with zero attached hydrogens (tertiary/aromatic N) is 2. The molecule has 3 unspecified atom stereocenters. The highest BCUT2D eigenvalue weighted by atomic mass is 79.9. The van der Waals surface area contributed by atoms with Crippen LogP contribution in [-0.4, -0.2) is 23.0 Å². The second-order valence-corrected chi connectivity index (χ2v) is 9.18. The Labute approximate surface area is 195 Å². The second-order valence-electron chi connectivity index (χ2n) is 7.35. The van der Waals surface area contributed by atoms with Crippen LogP contribution in [0, 0.1) is 5.92 Å². The van der Waals surface area contributed by atoms with Gasteiger partial charge in [0.05, 0.1) is 17.4 Å². The molecule has 3 aromatic rings. The van der Waals surface area contributed by atoms with E-state index >= 15 is 0 Å². The van der Waals surface area contributed by atoms with Crippen molar-refractivity contribution in [2.45, 2.75) is 12.1 Å². The number of hydroxylamine groups is 1. The van der Waals surface area contributed by atoms with Crippen LogP contribution in [0.2, 0.25) is 0 Å². The van der Waals surface area contributed by atoms with Gasteiger partial charge in [-0.25, -0.2) is 9.96 Å². The normalized spacial score (nSPS) is 22.8. The number of hydrogen-bond acceptors (Lipinski definition) is 5. The smallest absolute Gasteiger partial charge is 0.266 e. The van der Waals surface area contributed by atoms with Crippen LogP contribution in [0.1, 0.15) is 11.6 Å². The third-order valence-corrected chi connectivity index (χ3v) is 6.54. The van der Waals surface area contributed by atoms with Crippen molar-refractivity contribution in [3.63, 3.8) is 0 Å². The van der Waals surface area contributed by atoms with Crippen LogP contribution in [0.25, 0.3) is 0 Å². The molecular formula is C23H16Br2N2O4. The molecule has 3 aromatic carbocycles. The Morgan fingerprint density at radius 2 is 1.48 bits per heavy atom. The summed E-state index contributed by atoms with van der Waals surface area (Å²) < 4.78 is 1.59. The second kappa shape index (κ2) is 7.78. The number of halogens is 2. The van der Waals surface area contributed by atoms with Gasteiger partial charge in [0.2, 0.25) is 5.91 Å². The van der Waals surface area contributed by atoms with Crippen LogP contribution < -0.4 is 9.96 Å². The number of anilines is 2. The average molecular weight is 544 g/mol. The van der Waals surface area contributed by atoms with Crippen molar-refractivity contribution in [1.82, 2.24) is 0 Å². The van der Waals surface area contributed by atoms with E-state index in [0.717, 1.165) is 8.95 Å². The van der Waals surface area contributed by atoms with E-state index in [1.54, 1.807) is 47.5 Å². The number of para-hydroxylation sites is 1. The Kier molecular flexibility index (Phi) is 5.08. The van der Waals surface area contributed by atoms with Crippen LogP contribution in [0.3, 0.4) is 0 Å². The first-order valence-corrected chi connectivity index (χ1v) is 11.2. The van der Waals surface area contributed by atoms with Crippen molar-refractivity contribution in [2.24, 2.45) is 5.92 Å². The molecule has 8 heteroatoms. The minimum atomic E-state index is -0.986. The molecule has 6 nitrogen and oxygen atoms in total. The van der Waals surface area contributed by atoms with Gasteiger partial charge in [-0.2, -0.15) is 0 Å². The van der Waals surface area contributed by atoms with E-state index in [4.69, 9.17) is 4.84 Å². The number of rotatable bonds is 3. The van der Waals surface area contributed by atoms with E-state index in [1.165, 1.54) is 4.90 Å². The zero-order chi connectivity index (χ0) is 21.7. The molecule has 31 heavy (non-hydrogen) atoms. The first kappa shape index (κ1) is 20.2. The van der Waals surface area contributed by atoms with Crippen LogP contribution in [0.4, 0.5) is 11.4 Å². The van der Waals surface area contributed by atoms with E-state index in [9.17, 15) is 14.7 Å². The zero-order valence-electron chi connectivity index (χ0n) is 16.0. The molecule has 0 radical (unpaired) electrons. The summed E-state index contributed by atoms with van der Waals surface area (Å²) in [4.78, 5) is 34.0. The van der Waals surface area contributed by atoms with Gasteiger partial charge in [-0.1, -0.05) is 50.1 Å². The van der Waals surface area contributed by atoms with Crippen molar-refractivity contribution < 1.29 is 19.5 Å². The zero-order valence-corrected chi connectivity index (χ0v) is 19.2. The molecule has 2 heterocycles. The third kappa shape index (κ3) is 3.35. The molecule has 2 saturated heterocycles. The summed E-state index contributed by atoms with van der Waals surface area (Å²) >= 11 is 6.81. The van der Waals surface area contributed by atoms with Crippen LogP contribution in [0.5, 0.6) is 5.75 Å². The van der Waals surface area contributed by atoms with E-state index in [0.29, 0.717) is 16.9 Å². The molecule has 3 atom stereocenters. The molecule has 156 valence electrons. The highest BCUT2D eigenvalue weighted by molar-refractivity contribution is 9.10. The van der Waals surface area contributed by atoms with Gasteiger partial charge < -0.3 is 5.11 Å². The molecule has 2 aliphatic rings. The third-order valence-electron chi connectivity index (χ3n) is 5.52. The number of carbonyl (C=O) groups is 2. The average Bonchev–Trinajstić information content (AvgIpc) is 3.28. The summed E-state index contributed by atoms with van der Waals surface area (Å²) in [6.45, 7) is 0. The lowest BCUT2D eigenvalue weighted by atomic mass is 9.90. The van der Waals surface area contributed by atoms with Gasteiger partial charge in [-0.05, 0) is 54.6 Å². The first-order chi connectivity index (χ1) is 15.0. The van der Waals surface area contributed by atoms with Gasteiger partial charge in [0.25, 0.3) is 5.91 Å². The predicted molar refractivity (Wildman–Crippen MR) is 122 cm³/mol. The summed E-state index contributed by atoms with van der Waals surface area (Å²) in [6.07, 6.45) is -0.986. The lowest BCUT2D eigenvalue weighted by Crippen LogP contribution is -2.37. The van der Waals surface area contributed by atoms with Crippen molar-refractivity contribution >= 4 is 55.0 Å². The fraction of sp³-hybridized carbons (Fsp3) is 0.130. The maximum absolute atomic E-state index is 13.5. The van der Waals surface area contributed by atoms with Gasteiger partial charge in [0.1, 0.15) is 11.7 Å². The Balaban J connectivity index is 1.62. The largest absolute Gasteiger partial charge is 0.508 e. The molecular weight excluding hydrogens is 528 g/mol. The monoisotopic (exact) mass is 542 g/mol. The van der Waals surface area contributed by atoms with Gasteiger partial charge in [-0.15, -0.1) is 0 Å². The predicted octanol–water partition coefficient (Wildman–Crippen LogP) is 4.97. The maximum Gasteiger partial charge on any atom is 0.266 e. The van der Waals surface area contributed by atoms with Gasteiger partial charge in [-0.3, -0.25) is 14.4 Å². The maximum atomic E-state index is 13.5. The van der Waals surface area contributed by atoms with Gasteiger partial charge in [0, 0.05) is 14.5 Å². The number of aromatic hydroxyl groups is 1. The number of carbonyl (C=O) groups excluding carboxylic acids is 2. The van der Waals surface area contributed by atoms with Crippen molar-refractivity contribution in [3.8, 4) is 5.75 Å². The number of benzene rings is 3. The van der Waals surface area contributed by atoms with Crippen molar-refractivity contribution in [1.29, 1.82) is 0 Å². The number of imide groups is 1. The van der Waals surface area contributed by atoms with E-state index < -0.39 is 24.0 Å². The lowest BCUT2D eigenvalue weighted by Gasteiger charge is -2.29. The SMILES string of the molecule is O=C1C2ON(c3ccccc3)C(c3cc(Br)ccc3O)C2C(=O)N1c1ccc(Br)cc1. The molecule has 2 amide bonds. The number of fused-ring (bicyclic) bond motifs is 1. The summed E-state index contributed by atoms with van der Waals surface area (Å²) in [5.41, 5.74) is 1.68. The molecule has 0 saturated carbocycles. The number of amides is 2. The van der Waals surface area contributed by atoms with Crippen molar-refractivity contribution in [3.05, 3.63) is 87.3 Å². The van der Waals surface area contributed by atoms with E-state index in [-0.39, 0.29) is 11.7 Å². The van der Waals surface area contributed by atoms with Crippen LogP contribution in [0.15, 0.2) is 81.7 Å². The van der Waals surface area contributed by atoms with E-state index in [2.05, 4.69) is 31.9 Å². The Morgan fingerprint density at radius 3 is 2.19 bits per heavy atom. The molecule has 2 fully saturated rings. The fourth-order valence-electron chi connectivity index (χ4n) is 4.14. The minimum Gasteiger partial charge on any atom is -0.508 e. The van der Waals surface area contributed by atoms with E-state index in [1.807, 2.05) is 30.3 Å². The molecule has 5 rings (SSSR count). The van der Waals surface area contributed by atoms with Crippen molar-refractivity contribution in [2.75, 3.05) is 9.96 Å². The number of phenolic OH excluding ortho intramolecular Hbond substituents is 1. The molecule has 0 spiro atoms. The summed E-state index contributed by atoms with van der Waals surface area (Å²) in [5.74, 6) is -1.56. The summed E-state index contributed by atoms with van der Waals surface area (Å²) in [7, 11) is 0. The highest BCUT2D eigenvalue weighted by Gasteiger charge is 2.60. The first-order valence-electron chi connectivity index (χ1n) is 9.58. The Morgan fingerprint density at radius 1 is 0.806 bits per heavy atom. The lowest BCUT2D eigenvalue weighted by molar-refractivity contribution is -0.126. The highest BCUT2D eigenvalue weighted by Crippen LogP contribution is 2.49. The number of hydrogen-bond donors (Lipinski definition) is 1. The molecule has 0 bridgehead atoms. The summed E-state index contributed by atoms with van der Waals surface area (Å²) in [5, 5.41) is 12.2. The molecule has 0 aromatic heterocycles. The fourth-order valence-corrected chi connectivity index (χ4v) is 4.78.